The normalized spacial score (nSPS) is 15.7. The molecule has 0 aromatic heterocycles. The number of ether oxygens (including phenoxy) is 1. The van der Waals surface area contributed by atoms with Crippen LogP contribution in [-0.4, -0.2) is 63.4 Å². The van der Waals surface area contributed by atoms with E-state index >= 15 is 0 Å². The van der Waals surface area contributed by atoms with Crippen LogP contribution in [0.15, 0.2) is 47.4 Å². The Bertz CT molecular complexity index is 988. The van der Waals surface area contributed by atoms with Gasteiger partial charge in [-0.2, -0.15) is 4.31 Å². The Morgan fingerprint density at radius 3 is 2.40 bits per heavy atom. The molecule has 1 saturated heterocycles. The van der Waals surface area contributed by atoms with Gasteiger partial charge >= 0.3 is 0 Å². The number of nitrogens with zero attached hydrogens (tertiary/aromatic N) is 2. The van der Waals surface area contributed by atoms with Crippen LogP contribution in [0, 0.1) is 6.92 Å². The molecule has 0 radical (unpaired) electrons. The zero-order valence-corrected chi connectivity index (χ0v) is 18.7. The van der Waals surface area contributed by atoms with Crippen LogP contribution in [0.1, 0.15) is 11.1 Å². The topological polar surface area (TPSA) is 78.9 Å². The summed E-state index contributed by atoms with van der Waals surface area (Å²) in [5.41, 5.74) is 1.68. The Kier molecular flexibility index (Phi) is 7.36. The molecule has 0 unspecified atom stereocenters. The van der Waals surface area contributed by atoms with Gasteiger partial charge in [-0.1, -0.05) is 23.7 Å². The number of carbonyl (C=O) groups excluding carboxylic acids is 1. The molecule has 1 N–H and O–H groups in total. The Labute approximate surface area is 182 Å². The Morgan fingerprint density at radius 2 is 1.77 bits per heavy atom. The summed E-state index contributed by atoms with van der Waals surface area (Å²) in [5.74, 6) is 0.308. The fourth-order valence-corrected chi connectivity index (χ4v) is 4.60. The quantitative estimate of drug-likeness (QED) is 0.698. The average Bonchev–Trinajstić information content (AvgIpc) is 2.73. The second-order valence-electron chi connectivity index (χ2n) is 7.33. The maximum Gasteiger partial charge on any atom is 0.258 e. The van der Waals surface area contributed by atoms with E-state index in [9.17, 15) is 13.2 Å². The van der Waals surface area contributed by atoms with Crippen LogP contribution in [0.5, 0.6) is 5.75 Å². The van der Waals surface area contributed by atoms with Crippen molar-refractivity contribution in [3.05, 3.63) is 58.6 Å². The zero-order chi connectivity index (χ0) is 21.7. The molecule has 162 valence electrons. The molecule has 0 spiro atoms. The third-order valence-electron chi connectivity index (χ3n) is 5.01. The molecule has 30 heavy (non-hydrogen) atoms. The minimum absolute atomic E-state index is 0.114. The lowest BCUT2D eigenvalue weighted by Gasteiger charge is -2.31. The monoisotopic (exact) mass is 451 g/mol. The molecule has 9 heteroatoms. The predicted molar refractivity (Wildman–Crippen MR) is 116 cm³/mol. The number of likely N-dealkylation sites (N-methyl/N-ethyl adjacent to an activating group) is 1. The number of hydrogen-bond donors (Lipinski definition) is 1. The number of benzene rings is 2. The number of nitrogens with one attached hydrogen (secondary N) is 1. The van der Waals surface area contributed by atoms with Gasteiger partial charge in [-0.25, -0.2) is 8.42 Å². The van der Waals surface area contributed by atoms with E-state index in [2.05, 4.69) is 10.2 Å². The van der Waals surface area contributed by atoms with Crippen molar-refractivity contribution in [2.24, 2.45) is 0 Å². The maximum absolute atomic E-state index is 12.7. The fourth-order valence-electron chi connectivity index (χ4n) is 3.06. The molecular formula is C21H26ClN3O4S. The first-order valence-corrected chi connectivity index (χ1v) is 11.5. The number of carbonyl (C=O) groups is 1. The van der Waals surface area contributed by atoms with Gasteiger partial charge in [-0.15, -0.1) is 0 Å². The SMILES string of the molecule is Cc1cc(OCC(=O)NCc2ccc(S(=O)(=O)N3CCN(C)CC3)cc2)ccc1Cl. The van der Waals surface area contributed by atoms with Crippen LogP contribution in [0.2, 0.25) is 5.02 Å². The van der Waals surface area contributed by atoms with E-state index in [1.54, 1.807) is 42.5 Å². The molecule has 3 rings (SSSR count). The highest BCUT2D eigenvalue weighted by atomic mass is 35.5. The van der Waals surface area contributed by atoms with E-state index in [1.807, 2.05) is 14.0 Å². The molecule has 0 atom stereocenters. The first-order chi connectivity index (χ1) is 14.3. The molecule has 1 aliphatic rings. The summed E-state index contributed by atoms with van der Waals surface area (Å²) in [7, 11) is -1.51. The first-order valence-electron chi connectivity index (χ1n) is 9.69. The second-order valence-corrected chi connectivity index (χ2v) is 9.67. The number of piperazine rings is 1. The predicted octanol–water partition coefficient (Wildman–Crippen LogP) is 2.28. The Morgan fingerprint density at radius 1 is 1.10 bits per heavy atom. The minimum Gasteiger partial charge on any atom is -0.484 e. The van der Waals surface area contributed by atoms with Gasteiger partial charge in [0.2, 0.25) is 10.0 Å². The Balaban J connectivity index is 1.50. The molecule has 1 heterocycles. The van der Waals surface area contributed by atoms with Crippen LogP contribution in [0.3, 0.4) is 0 Å². The molecule has 1 aliphatic heterocycles. The van der Waals surface area contributed by atoms with Crippen LogP contribution in [0.25, 0.3) is 0 Å². The van der Waals surface area contributed by atoms with Gasteiger partial charge in [0.1, 0.15) is 5.75 Å². The van der Waals surface area contributed by atoms with Crippen LogP contribution < -0.4 is 10.1 Å². The number of aryl methyl sites for hydroxylation is 1. The van der Waals surface area contributed by atoms with Gasteiger partial charge in [-0.05, 0) is 55.4 Å². The van der Waals surface area contributed by atoms with Gasteiger partial charge in [0.25, 0.3) is 5.91 Å². The van der Waals surface area contributed by atoms with E-state index < -0.39 is 10.0 Å². The van der Waals surface area contributed by atoms with Crippen molar-refractivity contribution < 1.29 is 17.9 Å². The lowest BCUT2D eigenvalue weighted by atomic mass is 10.2. The molecular weight excluding hydrogens is 426 g/mol. The third-order valence-corrected chi connectivity index (χ3v) is 7.35. The van der Waals surface area contributed by atoms with Crippen molar-refractivity contribution in [1.82, 2.24) is 14.5 Å². The van der Waals surface area contributed by atoms with Crippen LogP contribution >= 0.6 is 11.6 Å². The standard InChI is InChI=1S/C21H26ClN3O4S/c1-16-13-18(5-8-20(16)22)29-15-21(26)23-14-17-3-6-19(7-4-17)30(27,28)25-11-9-24(2)10-12-25/h3-8,13H,9-12,14-15H2,1-2H3,(H,23,26). The highest BCUT2D eigenvalue weighted by Crippen LogP contribution is 2.21. The highest BCUT2D eigenvalue weighted by Gasteiger charge is 2.27. The van der Waals surface area contributed by atoms with Crippen molar-refractivity contribution in [2.45, 2.75) is 18.4 Å². The van der Waals surface area contributed by atoms with Crippen molar-refractivity contribution in [2.75, 3.05) is 39.8 Å². The van der Waals surface area contributed by atoms with Crippen molar-refractivity contribution >= 4 is 27.5 Å². The number of sulfonamides is 1. The number of amides is 1. The lowest BCUT2D eigenvalue weighted by Crippen LogP contribution is -2.47. The molecule has 2 aromatic carbocycles. The molecule has 0 aliphatic carbocycles. The van der Waals surface area contributed by atoms with E-state index in [0.29, 0.717) is 23.9 Å². The molecule has 2 aromatic rings. The molecule has 0 saturated carbocycles. The molecule has 1 amide bonds. The summed E-state index contributed by atoms with van der Waals surface area (Å²) in [4.78, 5) is 14.4. The number of rotatable bonds is 7. The summed E-state index contributed by atoms with van der Waals surface area (Å²) < 4.78 is 32.5. The smallest absolute Gasteiger partial charge is 0.258 e. The molecule has 1 fully saturated rings. The first kappa shape index (κ1) is 22.6. The highest BCUT2D eigenvalue weighted by molar-refractivity contribution is 7.89. The Hall–Kier alpha value is -2.13. The fraction of sp³-hybridized carbons (Fsp3) is 0.381. The molecule has 7 nitrogen and oxygen atoms in total. The van der Waals surface area contributed by atoms with E-state index in [0.717, 1.165) is 24.2 Å². The number of hydrogen-bond acceptors (Lipinski definition) is 5. The van der Waals surface area contributed by atoms with E-state index in [4.69, 9.17) is 16.3 Å². The van der Waals surface area contributed by atoms with Gasteiger partial charge in [-0.3, -0.25) is 4.79 Å². The van der Waals surface area contributed by atoms with Crippen LogP contribution in [0.4, 0.5) is 0 Å². The van der Waals surface area contributed by atoms with Gasteiger partial charge in [0.05, 0.1) is 4.90 Å². The second kappa shape index (κ2) is 9.78. The summed E-state index contributed by atoms with van der Waals surface area (Å²) in [6.07, 6.45) is 0. The van der Waals surface area contributed by atoms with E-state index in [1.165, 1.54) is 4.31 Å². The van der Waals surface area contributed by atoms with Crippen molar-refractivity contribution in [3.8, 4) is 5.75 Å². The van der Waals surface area contributed by atoms with Gasteiger partial charge < -0.3 is 15.0 Å². The average molecular weight is 452 g/mol. The summed E-state index contributed by atoms with van der Waals surface area (Å²) in [6.45, 7) is 4.46. The third kappa shape index (κ3) is 5.72. The summed E-state index contributed by atoms with van der Waals surface area (Å²) in [6, 6.07) is 11.8. The summed E-state index contributed by atoms with van der Waals surface area (Å²) >= 11 is 5.97. The van der Waals surface area contributed by atoms with E-state index in [-0.39, 0.29) is 24.0 Å². The minimum atomic E-state index is -3.49. The zero-order valence-electron chi connectivity index (χ0n) is 17.1. The van der Waals surface area contributed by atoms with Crippen molar-refractivity contribution in [3.63, 3.8) is 0 Å². The summed E-state index contributed by atoms with van der Waals surface area (Å²) in [5, 5.41) is 3.41. The van der Waals surface area contributed by atoms with Gasteiger partial charge in [0, 0.05) is 37.7 Å². The lowest BCUT2D eigenvalue weighted by molar-refractivity contribution is -0.123. The largest absolute Gasteiger partial charge is 0.484 e. The maximum atomic E-state index is 12.7. The molecule has 0 bridgehead atoms. The van der Waals surface area contributed by atoms with Gasteiger partial charge in [0.15, 0.2) is 6.61 Å². The number of halogens is 1. The van der Waals surface area contributed by atoms with Crippen LogP contribution in [-0.2, 0) is 21.4 Å². The van der Waals surface area contributed by atoms with Crippen molar-refractivity contribution in [1.29, 1.82) is 0 Å².